The summed E-state index contributed by atoms with van der Waals surface area (Å²) in [7, 11) is -3.88. The summed E-state index contributed by atoms with van der Waals surface area (Å²) in [6.07, 6.45) is 0.0392. The van der Waals surface area contributed by atoms with Gasteiger partial charge in [0.05, 0.1) is 4.90 Å². The average Bonchev–Trinajstić information content (AvgIpc) is 2.77. The Morgan fingerprint density at radius 2 is 1.56 bits per heavy atom. The molecule has 9 heteroatoms. The van der Waals surface area contributed by atoms with Crippen LogP contribution in [0, 0.1) is 6.92 Å². The first-order valence-corrected chi connectivity index (χ1v) is 11.6. The number of benzene rings is 3. The molecule has 2 amide bonds. The van der Waals surface area contributed by atoms with Crippen LogP contribution < -0.4 is 15.4 Å². The second-order valence-electron chi connectivity index (χ2n) is 7.01. The van der Waals surface area contributed by atoms with E-state index in [0.717, 1.165) is 0 Å². The highest BCUT2D eigenvalue weighted by atomic mass is 35.5. The normalized spacial score (nSPS) is 10.9. The molecule has 3 aromatic carbocycles. The van der Waals surface area contributed by atoms with Crippen LogP contribution in [0.15, 0.2) is 77.7 Å². The predicted molar refractivity (Wildman–Crippen MR) is 125 cm³/mol. The molecule has 0 heterocycles. The zero-order valence-electron chi connectivity index (χ0n) is 17.3. The summed E-state index contributed by atoms with van der Waals surface area (Å²) in [5.41, 5.74) is 1.75. The second-order valence-corrected chi connectivity index (χ2v) is 9.10. The van der Waals surface area contributed by atoms with E-state index >= 15 is 0 Å². The number of nitrogens with one attached hydrogen (secondary N) is 3. The molecular weight excluding hydrogens is 450 g/mol. The molecule has 32 heavy (non-hydrogen) atoms. The highest BCUT2D eigenvalue weighted by Crippen LogP contribution is 2.24. The van der Waals surface area contributed by atoms with Crippen LogP contribution in [-0.4, -0.2) is 26.8 Å². The lowest BCUT2D eigenvalue weighted by Crippen LogP contribution is -2.27. The molecule has 166 valence electrons. The van der Waals surface area contributed by atoms with Gasteiger partial charge in [-0.2, -0.15) is 0 Å². The number of carbonyl (C=O) groups is 2. The molecule has 3 N–H and O–H groups in total. The number of hydrogen-bond acceptors (Lipinski definition) is 4. The van der Waals surface area contributed by atoms with Gasteiger partial charge in [0.15, 0.2) is 0 Å². The summed E-state index contributed by atoms with van der Waals surface area (Å²) >= 11 is 5.84. The first-order valence-electron chi connectivity index (χ1n) is 9.77. The fourth-order valence-corrected chi connectivity index (χ4v) is 4.36. The van der Waals surface area contributed by atoms with Gasteiger partial charge in [0.25, 0.3) is 15.9 Å². The van der Waals surface area contributed by atoms with Gasteiger partial charge in [0.1, 0.15) is 0 Å². The number of halogens is 1. The fourth-order valence-electron chi connectivity index (χ4n) is 2.90. The maximum Gasteiger partial charge on any atom is 0.262 e. The van der Waals surface area contributed by atoms with Crippen molar-refractivity contribution in [2.45, 2.75) is 18.2 Å². The summed E-state index contributed by atoms with van der Waals surface area (Å²) < 4.78 is 28.1. The third-order valence-corrected chi connectivity index (χ3v) is 6.31. The number of hydrogen-bond donors (Lipinski definition) is 3. The number of anilines is 2. The van der Waals surface area contributed by atoms with Crippen LogP contribution in [0.25, 0.3) is 0 Å². The van der Waals surface area contributed by atoms with E-state index in [0.29, 0.717) is 27.5 Å². The fraction of sp³-hybridized carbons (Fsp3) is 0.130. The minimum absolute atomic E-state index is 0.0392. The minimum atomic E-state index is -3.88. The summed E-state index contributed by atoms with van der Waals surface area (Å²) in [5, 5.41) is 5.84. The first-order chi connectivity index (χ1) is 15.2. The monoisotopic (exact) mass is 471 g/mol. The molecule has 0 aliphatic rings. The molecule has 3 aromatic rings. The van der Waals surface area contributed by atoms with Gasteiger partial charge in [0, 0.05) is 34.9 Å². The maximum atomic E-state index is 12.8. The molecule has 0 radical (unpaired) electrons. The van der Waals surface area contributed by atoms with Crippen molar-refractivity contribution in [1.29, 1.82) is 0 Å². The minimum Gasteiger partial charge on any atom is -0.352 e. The van der Waals surface area contributed by atoms with Crippen LogP contribution in [0.3, 0.4) is 0 Å². The zero-order chi connectivity index (χ0) is 23.1. The smallest absolute Gasteiger partial charge is 0.262 e. The van der Waals surface area contributed by atoms with Gasteiger partial charge in [-0.1, -0.05) is 35.9 Å². The molecule has 0 aromatic heterocycles. The largest absolute Gasteiger partial charge is 0.352 e. The Labute approximate surface area is 191 Å². The van der Waals surface area contributed by atoms with Gasteiger partial charge >= 0.3 is 0 Å². The zero-order valence-corrected chi connectivity index (χ0v) is 18.8. The van der Waals surface area contributed by atoms with Gasteiger partial charge < -0.3 is 10.6 Å². The van der Waals surface area contributed by atoms with Gasteiger partial charge in [-0.05, 0) is 61.0 Å². The van der Waals surface area contributed by atoms with Crippen LogP contribution in [0.4, 0.5) is 11.4 Å². The molecule has 0 spiro atoms. The molecular formula is C23H22ClN3O4S. The predicted octanol–water partition coefficient (Wildman–Crippen LogP) is 4.21. The molecule has 0 bridgehead atoms. The van der Waals surface area contributed by atoms with E-state index in [-0.39, 0.29) is 29.7 Å². The Bertz CT molecular complexity index is 1210. The lowest BCUT2D eigenvalue weighted by atomic mass is 10.2. The number of aryl methyl sites for hydroxylation is 1. The highest BCUT2D eigenvalue weighted by molar-refractivity contribution is 7.92. The van der Waals surface area contributed by atoms with Gasteiger partial charge in [-0.15, -0.1) is 0 Å². The van der Waals surface area contributed by atoms with Crippen LogP contribution in [0.2, 0.25) is 5.02 Å². The van der Waals surface area contributed by atoms with E-state index in [1.807, 2.05) is 6.07 Å². The molecule has 0 unspecified atom stereocenters. The topological polar surface area (TPSA) is 104 Å². The Hall–Kier alpha value is -3.36. The maximum absolute atomic E-state index is 12.8. The van der Waals surface area contributed by atoms with Crippen molar-refractivity contribution in [3.05, 3.63) is 88.9 Å². The number of rotatable bonds is 8. The number of carbonyl (C=O) groups excluding carboxylic acids is 2. The molecule has 0 saturated heterocycles. The summed E-state index contributed by atoms with van der Waals surface area (Å²) in [6.45, 7) is 1.82. The summed E-state index contributed by atoms with van der Waals surface area (Å²) in [5.74, 6) is -0.619. The molecule has 7 nitrogen and oxygen atoms in total. The van der Waals surface area contributed by atoms with E-state index in [9.17, 15) is 18.0 Å². The van der Waals surface area contributed by atoms with Crippen LogP contribution >= 0.6 is 11.6 Å². The van der Waals surface area contributed by atoms with Crippen molar-refractivity contribution >= 4 is 44.8 Å². The standard InChI is InChI=1S/C23H22ClN3O4S/c1-16-7-10-20(15-21(16)32(30,31)27-19-11-8-18(24)9-12-19)26-22(28)13-14-25-23(29)17-5-3-2-4-6-17/h2-12,15,27H,13-14H2,1H3,(H,25,29)(H,26,28). The summed E-state index contributed by atoms with van der Waals surface area (Å²) in [4.78, 5) is 24.3. The SMILES string of the molecule is Cc1ccc(NC(=O)CCNC(=O)c2ccccc2)cc1S(=O)(=O)Nc1ccc(Cl)cc1. The second kappa shape index (κ2) is 10.3. The third-order valence-electron chi connectivity index (χ3n) is 4.53. The summed E-state index contributed by atoms with van der Waals surface area (Å²) in [6, 6.07) is 19.6. The van der Waals surface area contributed by atoms with E-state index in [1.54, 1.807) is 67.6 Å². The van der Waals surface area contributed by atoms with E-state index in [1.165, 1.54) is 6.07 Å². The Kier molecular flexibility index (Phi) is 7.50. The molecule has 0 fully saturated rings. The Morgan fingerprint density at radius 1 is 0.906 bits per heavy atom. The first kappa shape index (κ1) is 23.3. The van der Waals surface area contributed by atoms with E-state index in [4.69, 9.17) is 11.6 Å². The number of sulfonamides is 1. The third kappa shape index (κ3) is 6.32. The van der Waals surface area contributed by atoms with Gasteiger partial charge in [0.2, 0.25) is 5.91 Å². The van der Waals surface area contributed by atoms with Crippen LogP contribution in [0.5, 0.6) is 0 Å². The molecule has 3 rings (SSSR count). The lowest BCUT2D eigenvalue weighted by molar-refractivity contribution is -0.116. The van der Waals surface area contributed by atoms with Gasteiger partial charge in [-0.3, -0.25) is 14.3 Å². The van der Waals surface area contributed by atoms with Crippen LogP contribution in [-0.2, 0) is 14.8 Å². The van der Waals surface area contributed by atoms with Crippen molar-refractivity contribution < 1.29 is 18.0 Å². The van der Waals surface area contributed by atoms with Crippen molar-refractivity contribution in [3.8, 4) is 0 Å². The Balaban J connectivity index is 1.61. The number of amides is 2. The van der Waals surface area contributed by atoms with Crippen molar-refractivity contribution in [2.24, 2.45) is 0 Å². The quantitative estimate of drug-likeness (QED) is 0.457. The molecule has 0 aliphatic carbocycles. The van der Waals surface area contributed by atoms with E-state index < -0.39 is 10.0 Å². The molecule has 0 saturated carbocycles. The Morgan fingerprint density at radius 3 is 2.25 bits per heavy atom. The van der Waals surface area contributed by atoms with Crippen molar-refractivity contribution in [1.82, 2.24) is 5.32 Å². The lowest BCUT2D eigenvalue weighted by Gasteiger charge is -2.13. The molecule has 0 aliphatic heterocycles. The van der Waals surface area contributed by atoms with Crippen molar-refractivity contribution in [2.75, 3.05) is 16.6 Å². The highest BCUT2D eigenvalue weighted by Gasteiger charge is 2.18. The van der Waals surface area contributed by atoms with Crippen molar-refractivity contribution in [3.63, 3.8) is 0 Å². The van der Waals surface area contributed by atoms with Gasteiger partial charge in [-0.25, -0.2) is 8.42 Å². The van der Waals surface area contributed by atoms with E-state index in [2.05, 4.69) is 15.4 Å². The average molecular weight is 472 g/mol. The molecule has 0 atom stereocenters. The van der Waals surface area contributed by atoms with Crippen LogP contribution in [0.1, 0.15) is 22.3 Å².